The minimum Gasteiger partial charge on any atom is -0.465 e. The van der Waals surface area contributed by atoms with Gasteiger partial charge in [0.25, 0.3) is 0 Å². The summed E-state index contributed by atoms with van der Waals surface area (Å²) in [5, 5.41) is 11.0. The van der Waals surface area contributed by atoms with Crippen LogP contribution in [0.5, 0.6) is 0 Å². The summed E-state index contributed by atoms with van der Waals surface area (Å²) in [7, 11) is 0. The lowest BCUT2D eigenvalue weighted by Gasteiger charge is -2.38. The van der Waals surface area contributed by atoms with Crippen LogP contribution in [0.4, 0.5) is 16.3 Å². The van der Waals surface area contributed by atoms with E-state index in [1.807, 2.05) is 6.07 Å². The molecular weight excluding hydrogens is 328 g/mol. The summed E-state index contributed by atoms with van der Waals surface area (Å²) in [5.74, 6) is 0.928. The van der Waals surface area contributed by atoms with E-state index in [4.69, 9.17) is 5.11 Å². The Labute approximate surface area is 156 Å². The molecule has 3 fully saturated rings. The Morgan fingerprint density at radius 1 is 0.962 bits per heavy atom. The Morgan fingerprint density at radius 3 is 2.08 bits per heavy atom. The fourth-order valence-corrected chi connectivity index (χ4v) is 4.24. The minimum absolute atomic E-state index is 0.510. The minimum atomic E-state index is -1.06. The standard InChI is InChI=1S/C15H22N4O2.C5H10/c20-15(21)17-12-5-6-14(16-11-12)19-9-7-18(8-10-19)13-3-1-2-4-13;1-2-4-5-3-1/h5-6,11,13,17H,1-4,7-10H2,(H,20,21);1-5H2. The molecule has 26 heavy (non-hydrogen) atoms. The van der Waals surface area contributed by atoms with Crippen LogP contribution in [0, 0.1) is 0 Å². The van der Waals surface area contributed by atoms with Crippen LogP contribution in [-0.2, 0) is 0 Å². The predicted octanol–water partition coefficient (Wildman–Crippen LogP) is 4.19. The molecular formula is C20H32N4O2. The van der Waals surface area contributed by atoms with Gasteiger partial charge in [0.15, 0.2) is 0 Å². The van der Waals surface area contributed by atoms with Crippen molar-refractivity contribution in [1.82, 2.24) is 9.88 Å². The molecule has 3 aliphatic rings. The molecule has 4 rings (SSSR count). The van der Waals surface area contributed by atoms with Gasteiger partial charge in [-0.2, -0.15) is 0 Å². The molecule has 0 spiro atoms. The summed E-state index contributed by atoms with van der Waals surface area (Å²) in [6, 6.07) is 4.44. The van der Waals surface area contributed by atoms with Crippen LogP contribution < -0.4 is 10.2 Å². The molecule has 2 heterocycles. The molecule has 0 atom stereocenters. The number of rotatable bonds is 3. The Kier molecular flexibility index (Phi) is 7.12. The smallest absolute Gasteiger partial charge is 0.409 e. The molecule has 1 aliphatic heterocycles. The maximum atomic E-state index is 10.6. The Balaban J connectivity index is 0.000000339. The van der Waals surface area contributed by atoms with E-state index in [-0.39, 0.29) is 0 Å². The number of carboxylic acid groups (broad SMARTS) is 1. The molecule has 1 saturated heterocycles. The highest BCUT2D eigenvalue weighted by Crippen LogP contribution is 2.25. The second-order valence-electron chi connectivity index (χ2n) is 7.56. The van der Waals surface area contributed by atoms with Gasteiger partial charge in [-0.25, -0.2) is 9.78 Å². The van der Waals surface area contributed by atoms with Crippen molar-refractivity contribution in [3.63, 3.8) is 0 Å². The fourth-order valence-electron chi connectivity index (χ4n) is 4.24. The number of anilines is 2. The van der Waals surface area contributed by atoms with E-state index in [0.29, 0.717) is 5.69 Å². The topological polar surface area (TPSA) is 68.7 Å². The molecule has 6 heteroatoms. The first-order chi connectivity index (χ1) is 12.7. The lowest BCUT2D eigenvalue weighted by atomic mass is 10.2. The van der Waals surface area contributed by atoms with Gasteiger partial charge in [-0.05, 0) is 25.0 Å². The SMILES string of the molecule is C1CCCC1.O=C(O)Nc1ccc(N2CCN(C3CCCC3)CC2)nc1. The highest BCUT2D eigenvalue weighted by Gasteiger charge is 2.26. The average Bonchev–Trinajstić information content (AvgIpc) is 3.39. The van der Waals surface area contributed by atoms with Gasteiger partial charge in [-0.3, -0.25) is 10.2 Å². The number of hydrogen-bond donors (Lipinski definition) is 2. The summed E-state index contributed by atoms with van der Waals surface area (Å²) in [6.45, 7) is 4.19. The maximum Gasteiger partial charge on any atom is 0.409 e. The summed E-state index contributed by atoms with van der Waals surface area (Å²) >= 11 is 0. The third kappa shape index (κ3) is 5.59. The number of amides is 1. The van der Waals surface area contributed by atoms with Crippen molar-refractivity contribution in [3.05, 3.63) is 18.3 Å². The molecule has 1 amide bonds. The van der Waals surface area contributed by atoms with Crippen molar-refractivity contribution in [2.45, 2.75) is 63.8 Å². The highest BCUT2D eigenvalue weighted by molar-refractivity contribution is 5.82. The van der Waals surface area contributed by atoms with E-state index in [1.165, 1.54) is 57.8 Å². The zero-order valence-corrected chi connectivity index (χ0v) is 15.7. The largest absolute Gasteiger partial charge is 0.465 e. The third-order valence-corrected chi connectivity index (χ3v) is 5.73. The summed E-state index contributed by atoms with van der Waals surface area (Å²) < 4.78 is 0. The average molecular weight is 361 g/mol. The molecule has 0 aromatic carbocycles. The highest BCUT2D eigenvalue weighted by atomic mass is 16.4. The lowest BCUT2D eigenvalue weighted by molar-refractivity contribution is 0.187. The number of aromatic nitrogens is 1. The molecule has 0 radical (unpaired) electrons. The molecule has 1 aromatic rings. The monoisotopic (exact) mass is 360 g/mol. The van der Waals surface area contributed by atoms with E-state index < -0.39 is 6.09 Å². The number of nitrogens with one attached hydrogen (secondary N) is 1. The van der Waals surface area contributed by atoms with Crippen LogP contribution in [0.3, 0.4) is 0 Å². The van der Waals surface area contributed by atoms with Crippen LogP contribution >= 0.6 is 0 Å². The van der Waals surface area contributed by atoms with Gasteiger partial charge in [-0.1, -0.05) is 44.9 Å². The van der Waals surface area contributed by atoms with Crippen LogP contribution in [0.15, 0.2) is 18.3 Å². The first-order valence-electron chi connectivity index (χ1n) is 10.2. The van der Waals surface area contributed by atoms with Crippen molar-refractivity contribution >= 4 is 17.6 Å². The van der Waals surface area contributed by atoms with E-state index in [0.717, 1.165) is 38.0 Å². The van der Waals surface area contributed by atoms with Crippen LogP contribution in [-0.4, -0.2) is 53.3 Å². The summed E-state index contributed by atoms with van der Waals surface area (Å²) in [4.78, 5) is 19.8. The summed E-state index contributed by atoms with van der Waals surface area (Å²) in [5.41, 5.74) is 0.510. The number of carbonyl (C=O) groups is 1. The van der Waals surface area contributed by atoms with E-state index in [2.05, 4.69) is 20.1 Å². The summed E-state index contributed by atoms with van der Waals surface area (Å²) in [6.07, 6.45) is 13.5. The van der Waals surface area contributed by atoms with Gasteiger partial charge in [0, 0.05) is 32.2 Å². The second kappa shape index (κ2) is 9.76. The van der Waals surface area contributed by atoms with E-state index in [1.54, 1.807) is 12.3 Å². The molecule has 2 saturated carbocycles. The fraction of sp³-hybridized carbons (Fsp3) is 0.700. The van der Waals surface area contributed by atoms with Crippen molar-refractivity contribution in [2.75, 3.05) is 36.4 Å². The lowest BCUT2D eigenvalue weighted by Crippen LogP contribution is -2.49. The van der Waals surface area contributed by atoms with Crippen molar-refractivity contribution < 1.29 is 9.90 Å². The van der Waals surface area contributed by atoms with Crippen molar-refractivity contribution in [1.29, 1.82) is 0 Å². The quantitative estimate of drug-likeness (QED) is 0.846. The second-order valence-corrected chi connectivity index (χ2v) is 7.56. The van der Waals surface area contributed by atoms with E-state index >= 15 is 0 Å². The first-order valence-corrected chi connectivity index (χ1v) is 10.2. The Bertz CT molecular complexity index is 538. The molecule has 1 aromatic heterocycles. The third-order valence-electron chi connectivity index (χ3n) is 5.73. The van der Waals surface area contributed by atoms with Gasteiger partial charge >= 0.3 is 6.09 Å². The molecule has 0 bridgehead atoms. The van der Waals surface area contributed by atoms with Crippen molar-refractivity contribution in [2.24, 2.45) is 0 Å². The van der Waals surface area contributed by atoms with Gasteiger partial charge in [0.1, 0.15) is 5.82 Å². The molecule has 6 nitrogen and oxygen atoms in total. The maximum absolute atomic E-state index is 10.6. The molecule has 144 valence electrons. The zero-order valence-electron chi connectivity index (χ0n) is 15.7. The predicted molar refractivity (Wildman–Crippen MR) is 105 cm³/mol. The molecule has 2 N–H and O–H groups in total. The van der Waals surface area contributed by atoms with Crippen LogP contribution in [0.1, 0.15) is 57.8 Å². The van der Waals surface area contributed by atoms with Crippen molar-refractivity contribution in [3.8, 4) is 0 Å². The van der Waals surface area contributed by atoms with Gasteiger partial charge < -0.3 is 10.0 Å². The van der Waals surface area contributed by atoms with Gasteiger partial charge in [0.2, 0.25) is 0 Å². The number of nitrogens with zero attached hydrogens (tertiary/aromatic N) is 3. The van der Waals surface area contributed by atoms with E-state index in [9.17, 15) is 4.79 Å². The molecule has 2 aliphatic carbocycles. The van der Waals surface area contributed by atoms with Gasteiger partial charge in [-0.15, -0.1) is 0 Å². The Morgan fingerprint density at radius 2 is 1.58 bits per heavy atom. The van der Waals surface area contributed by atoms with Gasteiger partial charge in [0.05, 0.1) is 11.9 Å². The number of piperazine rings is 1. The Hall–Kier alpha value is -1.82. The number of hydrogen-bond acceptors (Lipinski definition) is 4. The van der Waals surface area contributed by atoms with Crippen LogP contribution in [0.2, 0.25) is 0 Å². The molecule has 0 unspecified atom stereocenters. The first kappa shape index (κ1) is 19.0. The van der Waals surface area contributed by atoms with Crippen LogP contribution in [0.25, 0.3) is 0 Å². The zero-order chi connectivity index (χ0) is 18.2. The number of pyridine rings is 1. The normalized spacial score (nSPS) is 21.3.